The third-order valence-corrected chi connectivity index (χ3v) is 4.55. The van der Waals surface area contributed by atoms with Crippen molar-refractivity contribution in [2.24, 2.45) is 0 Å². The van der Waals surface area contributed by atoms with Gasteiger partial charge in [0.2, 0.25) is 5.95 Å². The van der Waals surface area contributed by atoms with Crippen LogP contribution in [0.5, 0.6) is 0 Å². The first-order chi connectivity index (χ1) is 13.7. The summed E-state index contributed by atoms with van der Waals surface area (Å²) in [6.45, 7) is 0. The van der Waals surface area contributed by atoms with Gasteiger partial charge in [-0.2, -0.15) is 0 Å². The molecule has 7 nitrogen and oxygen atoms in total. The van der Waals surface area contributed by atoms with Gasteiger partial charge in [0.15, 0.2) is 0 Å². The van der Waals surface area contributed by atoms with Gasteiger partial charge in [-0.25, -0.2) is 19.2 Å². The Morgan fingerprint density at radius 1 is 0.929 bits per heavy atom. The first kappa shape index (κ1) is 17.9. The first-order valence-electron chi connectivity index (χ1n) is 8.56. The van der Waals surface area contributed by atoms with E-state index in [-0.39, 0.29) is 0 Å². The van der Waals surface area contributed by atoms with E-state index in [2.05, 4.69) is 25.0 Å². The summed E-state index contributed by atoms with van der Waals surface area (Å²) >= 11 is 0. The molecule has 8 heteroatoms. The number of aromatic nitrogens is 4. The molecule has 2 aromatic carbocycles. The highest BCUT2D eigenvalue weighted by Gasteiger charge is 2.04. The van der Waals surface area contributed by atoms with Crippen molar-refractivity contribution in [1.29, 1.82) is 0 Å². The van der Waals surface area contributed by atoms with Crippen LogP contribution in [0.25, 0.3) is 16.9 Å². The second-order valence-electron chi connectivity index (χ2n) is 6.04. The molecule has 0 saturated carbocycles. The summed E-state index contributed by atoms with van der Waals surface area (Å²) in [4.78, 5) is 12.9. The molecule has 2 N–H and O–H groups in total. The molecular formula is C20H18N6OS. The van der Waals surface area contributed by atoms with Gasteiger partial charge in [0.25, 0.3) is 0 Å². The molecule has 0 saturated heterocycles. The van der Waals surface area contributed by atoms with Gasteiger partial charge in [-0.3, -0.25) is 0 Å². The Kier molecular flexibility index (Phi) is 5.11. The maximum atomic E-state index is 11.2. The quantitative estimate of drug-likeness (QED) is 0.523. The molecule has 140 valence electrons. The molecule has 28 heavy (non-hydrogen) atoms. The Balaban J connectivity index is 1.50. The molecule has 0 aliphatic heterocycles. The predicted octanol–water partition coefficient (Wildman–Crippen LogP) is 3.78. The molecule has 0 bridgehead atoms. The van der Waals surface area contributed by atoms with Crippen molar-refractivity contribution in [2.45, 2.75) is 0 Å². The lowest BCUT2D eigenvalue weighted by Gasteiger charge is -2.09. The van der Waals surface area contributed by atoms with Gasteiger partial charge in [0.05, 0.1) is 12.0 Å². The molecule has 0 amide bonds. The molecule has 4 rings (SSSR count). The van der Waals surface area contributed by atoms with E-state index in [1.165, 1.54) is 0 Å². The minimum Gasteiger partial charge on any atom is -0.324 e. The van der Waals surface area contributed by atoms with Crippen molar-refractivity contribution in [3.8, 4) is 16.9 Å². The molecule has 0 aliphatic rings. The Bertz CT molecular complexity index is 1080. The van der Waals surface area contributed by atoms with Crippen LogP contribution in [0, 0.1) is 0 Å². The van der Waals surface area contributed by atoms with Crippen molar-refractivity contribution < 1.29 is 4.21 Å². The van der Waals surface area contributed by atoms with E-state index in [4.69, 9.17) is 0 Å². The van der Waals surface area contributed by atoms with E-state index in [9.17, 15) is 4.21 Å². The van der Waals surface area contributed by atoms with Crippen LogP contribution in [0.2, 0.25) is 0 Å². The molecule has 2 aromatic heterocycles. The second kappa shape index (κ2) is 8.01. The van der Waals surface area contributed by atoms with E-state index in [0.29, 0.717) is 5.95 Å². The van der Waals surface area contributed by atoms with Crippen LogP contribution in [-0.2, 0) is 11.0 Å². The van der Waals surface area contributed by atoms with Crippen LogP contribution in [0.15, 0.2) is 79.5 Å². The highest BCUT2D eigenvalue weighted by Crippen LogP contribution is 2.22. The fourth-order valence-electron chi connectivity index (χ4n) is 2.71. The van der Waals surface area contributed by atoms with Gasteiger partial charge in [-0.1, -0.05) is 12.1 Å². The second-order valence-corrected chi connectivity index (χ2v) is 7.15. The lowest BCUT2D eigenvalue weighted by atomic mass is 10.1. The minimum absolute atomic E-state index is 0.518. The summed E-state index contributed by atoms with van der Waals surface area (Å²) in [6, 6.07) is 17.4. The van der Waals surface area contributed by atoms with Crippen LogP contribution in [-0.4, -0.2) is 30.0 Å². The summed E-state index contributed by atoms with van der Waals surface area (Å²) in [5.74, 6) is 0.518. The molecule has 1 unspecified atom stereocenters. The van der Waals surface area contributed by atoms with E-state index in [1.54, 1.807) is 25.0 Å². The number of imidazole rings is 1. The van der Waals surface area contributed by atoms with Gasteiger partial charge in [0.1, 0.15) is 11.0 Å². The predicted molar refractivity (Wildman–Crippen MR) is 112 cm³/mol. The molecule has 0 aliphatic carbocycles. The topological polar surface area (TPSA) is 84.7 Å². The number of anilines is 3. The van der Waals surface area contributed by atoms with Crippen molar-refractivity contribution in [3.63, 3.8) is 0 Å². The third kappa shape index (κ3) is 4.24. The molecule has 0 radical (unpaired) electrons. The van der Waals surface area contributed by atoms with Gasteiger partial charge in [-0.15, -0.1) is 0 Å². The Morgan fingerprint density at radius 2 is 1.68 bits per heavy atom. The number of hydrogen-bond donors (Lipinski definition) is 2. The number of rotatable bonds is 6. The zero-order valence-corrected chi connectivity index (χ0v) is 15.9. The zero-order valence-electron chi connectivity index (χ0n) is 15.1. The molecule has 0 spiro atoms. The first-order valence-corrected chi connectivity index (χ1v) is 10.1. The van der Waals surface area contributed by atoms with E-state index in [0.717, 1.165) is 28.3 Å². The van der Waals surface area contributed by atoms with Crippen LogP contribution >= 0.6 is 0 Å². The van der Waals surface area contributed by atoms with Gasteiger partial charge >= 0.3 is 0 Å². The number of hydrogen-bond acceptors (Lipinski definition) is 5. The van der Waals surface area contributed by atoms with Crippen LogP contribution in [0.1, 0.15) is 0 Å². The van der Waals surface area contributed by atoms with E-state index >= 15 is 0 Å². The van der Waals surface area contributed by atoms with Gasteiger partial charge in [0, 0.05) is 47.5 Å². The molecule has 1 atom stereocenters. The largest absolute Gasteiger partial charge is 0.324 e. The maximum absolute atomic E-state index is 11.2. The maximum Gasteiger partial charge on any atom is 0.227 e. The summed E-state index contributed by atoms with van der Waals surface area (Å²) in [5, 5.41) is 3.22. The summed E-state index contributed by atoms with van der Waals surface area (Å²) in [6.07, 6.45) is 8.72. The summed E-state index contributed by atoms with van der Waals surface area (Å²) in [5.41, 5.74) is 4.48. The van der Waals surface area contributed by atoms with Gasteiger partial charge < -0.3 is 14.6 Å². The number of nitrogens with one attached hydrogen (secondary N) is 2. The normalized spacial score (nSPS) is 11.8. The molecule has 2 heterocycles. The highest BCUT2D eigenvalue weighted by atomic mass is 32.2. The van der Waals surface area contributed by atoms with Crippen molar-refractivity contribution in [2.75, 3.05) is 16.3 Å². The molecule has 4 aromatic rings. The van der Waals surface area contributed by atoms with Crippen LogP contribution in [0.3, 0.4) is 0 Å². The summed E-state index contributed by atoms with van der Waals surface area (Å²) in [7, 11) is -1.10. The highest BCUT2D eigenvalue weighted by molar-refractivity contribution is 7.85. The molecule has 0 fully saturated rings. The Labute approximate surface area is 165 Å². The number of benzene rings is 2. The minimum atomic E-state index is -1.10. The standard InChI is InChI=1S/C20H18N6OS/c1-28(27)25-17-4-2-15(3-5-17)19-10-11-22-20(24-19)23-16-6-8-18(9-7-16)26-13-12-21-14-26/h2-14,25H,1H3,(H,22,23,24). The van der Waals surface area contributed by atoms with E-state index < -0.39 is 11.0 Å². The lowest BCUT2D eigenvalue weighted by Crippen LogP contribution is -2.01. The van der Waals surface area contributed by atoms with Gasteiger partial charge in [-0.05, 0) is 42.5 Å². The third-order valence-electron chi connectivity index (χ3n) is 4.02. The fourth-order valence-corrected chi connectivity index (χ4v) is 3.18. The fraction of sp³-hybridized carbons (Fsp3) is 0.0500. The summed E-state index contributed by atoms with van der Waals surface area (Å²) < 4.78 is 16.0. The lowest BCUT2D eigenvalue weighted by molar-refractivity contribution is 0.690. The zero-order chi connectivity index (χ0) is 19.3. The molecular weight excluding hydrogens is 372 g/mol. The Morgan fingerprint density at radius 3 is 2.36 bits per heavy atom. The van der Waals surface area contributed by atoms with Crippen LogP contribution in [0.4, 0.5) is 17.3 Å². The number of nitrogens with zero attached hydrogens (tertiary/aromatic N) is 4. The average Bonchev–Trinajstić information content (AvgIpc) is 3.24. The van der Waals surface area contributed by atoms with Crippen molar-refractivity contribution in [1.82, 2.24) is 19.5 Å². The van der Waals surface area contributed by atoms with Crippen molar-refractivity contribution >= 4 is 28.3 Å². The SMILES string of the molecule is CS(=O)Nc1ccc(-c2ccnc(Nc3ccc(-n4ccnc4)cc3)n2)cc1. The monoisotopic (exact) mass is 390 g/mol. The van der Waals surface area contributed by atoms with Crippen LogP contribution < -0.4 is 10.0 Å². The van der Waals surface area contributed by atoms with E-state index in [1.807, 2.05) is 65.4 Å². The average molecular weight is 390 g/mol. The van der Waals surface area contributed by atoms with Crippen molar-refractivity contribution in [3.05, 3.63) is 79.5 Å². The Hall–Kier alpha value is -3.52. The smallest absolute Gasteiger partial charge is 0.227 e.